The largest absolute Gasteiger partial charge is 0.437 e. The number of hydrogen-bond donors (Lipinski definition) is 1. The summed E-state index contributed by atoms with van der Waals surface area (Å²) in [6.07, 6.45) is 1.65. The predicted molar refractivity (Wildman–Crippen MR) is 69.9 cm³/mol. The summed E-state index contributed by atoms with van der Waals surface area (Å²) in [6, 6.07) is 6.64. The third kappa shape index (κ3) is 2.81. The van der Waals surface area contributed by atoms with Gasteiger partial charge in [0.15, 0.2) is 0 Å². The highest BCUT2D eigenvalue weighted by Crippen LogP contribution is 2.31. The molecule has 1 heterocycles. The van der Waals surface area contributed by atoms with Gasteiger partial charge in [-0.05, 0) is 30.7 Å². The van der Waals surface area contributed by atoms with Gasteiger partial charge in [-0.3, -0.25) is 0 Å². The lowest BCUT2D eigenvalue weighted by Crippen LogP contribution is -1.94. The highest BCUT2D eigenvalue weighted by atomic mass is 35.5. The second-order valence-corrected chi connectivity index (χ2v) is 4.40. The molecule has 0 aliphatic rings. The number of benzene rings is 1. The average Bonchev–Trinajstić information content (AvgIpc) is 2.27. The van der Waals surface area contributed by atoms with Gasteiger partial charge in [-0.2, -0.15) is 0 Å². The van der Waals surface area contributed by atoms with E-state index in [1.165, 1.54) is 0 Å². The molecule has 3 nitrogen and oxygen atoms in total. The van der Waals surface area contributed by atoms with E-state index in [0.29, 0.717) is 27.4 Å². The summed E-state index contributed by atoms with van der Waals surface area (Å²) < 4.78 is 5.52. The van der Waals surface area contributed by atoms with Gasteiger partial charge in [-0.1, -0.05) is 23.2 Å². The molecule has 0 radical (unpaired) electrons. The molecule has 0 aliphatic heterocycles. The van der Waals surface area contributed by atoms with E-state index in [-0.39, 0.29) is 0 Å². The molecule has 0 amide bonds. The fourth-order valence-electron chi connectivity index (χ4n) is 1.25. The zero-order chi connectivity index (χ0) is 12.4. The molecule has 1 aromatic heterocycles. The Bertz CT molecular complexity index is 558. The third-order valence-corrected chi connectivity index (χ3v) is 2.76. The number of pyridine rings is 1. The second-order valence-electron chi connectivity index (χ2n) is 3.56. The molecule has 1 aromatic carbocycles. The zero-order valence-electron chi connectivity index (χ0n) is 9.08. The molecule has 0 unspecified atom stereocenters. The lowest BCUT2D eigenvalue weighted by Gasteiger charge is -2.08. The first-order valence-corrected chi connectivity index (χ1v) is 5.67. The van der Waals surface area contributed by atoms with Gasteiger partial charge < -0.3 is 10.5 Å². The Hall–Kier alpha value is -1.45. The Morgan fingerprint density at radius 3 is 2.65 bits per heavy atom. The van der Waals surface area contributed by atoms with Crippen LogP contribution in [0.3, 0.4) is 0 Å². The molecule has 2 rings (SSSR count). The summed E-state index contributed by atoms with van der Waals surface area (Å²) in [4.78, 5) is 4.10. The zero-order valence-corrected chi connectivity index (χ0v) is 10.6. The number of aryl methyl sites for hydroxylation is 1. The summed E-state index contributed by atoms with van der Waals surface area (Å²) in [5.41, 5.74) is 7.29. The Kier molecular flexibility index (Phi) is 3.41. The first-order valence-electron chi connectivity index (χ1n) is 4.91. The maximum atomic E-state index is 5.98. The van der Waals surface area contributed by atoms with Crippen molar-refractivity contribution in [3.05, 3.63) is 46.1 Å². The van der Waals surface area contributed by atoms with Crippen molar-refractivity contribution in [2.75, 3.05) is 5.73 Å². The van der Waals surface area contributed by atoms with Crippen molar-refractivity contribution < 1.29 is 4.74 Å². The molecule has 88 valence electrons. The third-order valence-electron chi connectivity index (χ3n) is 2.23. The van der Waals surface area contributed by atoms with Crippen molar-refractivity contribution in [1.82, 2.24) is 4.98 Å². The number of nitrogen functional groups attached to an aromatic ring is 1. The van der Waals surface area contributed by atoms with E-state index in [2.05, 4.69) is 4.98 Å². The Morgan fingerprint density at radius 1 is 1.24 bits per heavy atom. The van der Waals surface area contributed by atoms with Gasteiger partial charge in [0, 0.05) is 23.0 Å². The number of nitrogens with two attached hydrogens (primary N) is 1. The Labute approximate surface area is 109 Å². The molecule has 0 spiro atoms. The van der Waals surface area contributed by atoms with Gasteiger partial charge in [0.25, 0.3) is 0 Å². The molecule has 0 saturated carbocycles. The first kappa shape index (κ1) is 12.0. The van der Waals surface area contributed by atoms with Gasteiger partial charge in [-0.25, -0.2) is 4.98 Å². The summed E-state index contributed by atoms with van der Waals surface area (Å²) >= 11 is 11.8. The normalized spacial score (nSPS) is 10.3. The standard InChI is InChI=1S/C12H10Cl2N2O/c1-7-6-16-12(5-10(7)15)17-11-3-2-8(13)4-9(11)14/h2-6H,1H3,(H2,15,16). The van der Waals surface area contributed by atoms with Crippen LogP contribution < -0.4 is 10.5 Å². The fraction of sp³-hybridized carbons (Fsp3) is 0.0833. The number of anilines is 1. The van der Waals surface area contributed by atoms with Gasteiger partial charge in [-0.15, -0.1) is 0 Å². The van der Waals surface area contributed by atoms with Crippen molar-refractivity contribution in [2.45, 2.75) is 6.92 Å². The van der Waals surface area contributed by atoms with Crippen LogP contribution in [0.15, 0.2) is 30.5 Å². The maximum absolute atomic E-state index is 5.98. The molecule has 0 saturated heterocycles. The van der Waals surface area contributed by atoms with E-state index in [0.717, 1.165) is 5.56 Å². The van der Waals surface area contributed by atoms with Gasteiger partial charge >= 0.3 is 0 Å². The number of rotatable bonds is 2. The maximum Gasteiger partial charge on any atom is 0.221 e. The quantitative estimate of drug-likeness (QED) is 0.893. The summed E-state index contributed by atoms with van der Waals surface area (Å²) in [5.74, 6) is 0.893. The predicted octanol–water partition coefficient (Wildman–Crippen LogP) is 4.07. The number of aromatic nitrogens is 1. The van der Waals surface area contributed by atoms with Crippen LogP contribution in [0.1, 0.15) is 5.56 Å². The first-order chi connectivity index (χ1) is 8.06. The summed E-state index contributed by atoms with van der Waals surface area (Å²) in [6.45, 7) is 1.88. The smallest absolute Gasteiger partial charge is 0.221 e. The van der Waals surface area contributed by atoms with Crippen LogP contribution in [-0.4, -0.2) is 4.98 Å². The lowest BCUT2D eigenvalue weighted by atomic mass is 10.3. The SMILES string of the molecule is Cc1cnc(Oc2ccc(Cl)cc2Cl)cc1N. The summed E-state index contributed by atoms with van der Waals surface area (Å²) in [7, 11) is 0. The van der Waals surface area contributed by atoms with Crippen LogP contribution in [0.2, 0.25) is 10.0 Å². The minimum atomic E-state index is 0.400. The van der Waals surface area contributed by atoms with Crippen molar-refractivity contribution >= 4 is 28.9 Å². The Balaban J connectivity index is 2.28. The van der Waals surface area contributed by atoms with Crippen LogP contribution in [0, 0.1) is 6.92 Å². The van der Waals surface area contributed by atoms with Crippen LogP contribution in [0.5, 0.6) is 11.6 Å². The van der Waals surface area contributed by atoms with Crippen molar-refractivity contribution in [2.24, 2.45) is 0 Å². The molecule has 2 N–H and O–H groups in total. The van der Waals surface area contributed by atoms with Crippen LogP contribution in [0.4, 0.5) is 5.69 Å². The lowest BCUT2D eigenvalue weighted by molar-refractivity contribution is 0.463. The molecular formula is C12H10Cl2N2O. The second kappa shape index (κ2) is 4.82. The topological polar surface area (TPSA) is 48.1 Å². The average molecular weight is 269 g/mol. The minimum Gasteiger partial charge on any atom is -0.437 e. The number of halogens is 2. The van der Waals surface area contributed by atoms with E-state index >= 15 is 0 Å². The van der Waals surface area contributed by atoms with Gasteiger partial charge in [0.05, 0.1) is 5.02 Å². The highest BCUT2D eigenvalue weighted by molar-refractivity contribution is 6.35. The van der Waals surface area contributed by atoms with Gasteiger partial charge in [0.2, 0.25) is 5.88 Å². The van der Waals surface area contributed by atoms with Crippen LogP contribution >= 0.6 is 23.2 Å². The van der Waals surface area contributed by atoms with Crippen LogP contribution in [-0.2, 0) is 0 Å². The van der Waals surface area contributed by atoms with E-state index in [1.54, 1.807) is 30.5 Å². The van der Waals surface area contributed by atoms with E-state index in [1.807, 2.05) is 6.92 Å². The summed E-state index contributed by atoms with van der Waals surface area (Å²) in [5, 5.41) is 0.983. The molecule has 0 fully saturated rings. The van der Waals surface area contributed by atoms with Crippen molar-refractivity contribution in [3.63, 3.8) is 0 Å². The molecule has 0 aliphatic carbocycles. The van der Waals surface area contributed by atoms with Crippen LogP contribution in [0.25, 0.3) is 0 Å². The molecule has 17 heavy (non-hydrogen) atoms. The molecular weight excluding hydrogens is 259 g/mol. The number of hydrogen-bond acceptors (Lipinski definition) is 3. The fourth-order valence-corrected chi connectivity index (χ4v) is 1.69. The molecule has 0 atom stereocenters. The van der Waals surface area contributed by atoms with Crippen molar-refractivity contribution in [1.29, 1.82) is 0 Å². The minimum absolute atomic E-state index is 0.400. The highest BCUT2D eigenvalue weighted by Gasteiger charge is 2.06. The van der Waals surface area contributed by atoms with Gasteiger partial charge in [0.1, 0.15) is 5.75 Å². The van der Waals surface area contributed by atoms with E-state index < -0.39 is 0 Å². The van der Waals surface area contributed by atoms with Crippen molar-refractivity contribution in [3.8, 4) is 11.6 Å². The van der Waals surface area contributed by atoms with E-state index in [9.17, 15) is 0 Å². The number of ether oxygens (including phenoxy) is 1. The molecule has 2 aromatic rings. The number of nitrogens with zero attached hydrogens (tertiary/aromatic N) is 1. The monoisotopic (exact) mass is 268 g/mol. The molecule has 0 bridgehead atoms. The van der Waals surface area contributed by atoms with E-state index in [4.69, 9.17) is 33.7 Å². The Morgan fingerprint density at radius 2 is 2.00 bits per heavy atom. The molecule has 5 heteroatoms.